The molecule has 0 saturated heterocycles. The van der Waals surface area contributed by atoms with Crippen LogP contribution in [0.4, 0.5) is 4.39 Å². The normalized spacial score (nSPS) is 10.8. The Morgan fingerprint density at radius 1 is 1.43 bits per heavy atom. The summed E-state index contributed by atoms with van der Waals surface area (Å²) in [4.78, 5) is 10.7. The predicted octanol–water partition coefficient (Wildman–Crippen LogP) is 2.98. The van der Waals surface area contributed by atoms with Crippen molar-refractivity contribution in [3.8, 4) is 11.4 Å². The standard InChI is InChI=1S/C14H16FN3O2S/c1-3-7-18-13(10-6-4-5-9(2)12(10)15)16-17-14(18)21-8-11(19)20/h4-6H,3,7-8H2,1-2H3,(H,19,20). The average Bonchev–Trinajstić information content (AvgIpc) is 2.83. The number of carboxylic acids is 1. The quantitative estimate of drug-likeness (QED) is 0.831. The summed E-state index contributed by atoms with van der Waals surface area (Å²) < 4.78 is 16.0. The third-order valence-electron chi connectivity index (χ3n) is 2.92. The molecule has 0 aliphatic rings. The van der Waals surface area contributed by atoms with Crippen LogP contribution in [0.2, 0.25) is 0 Å². The zero-order valence-corrected chi connectivity index (χ0v) is 12.7. The Bertz CT molecular complexity index is 658. The van der Waals surface area contributed by atoms with E-state index in [4.69, 9.17) is 5.11 Å². The van der Waals surface area contributed by atoms with Crippen LogP contribution in [0.25, 0.3) is 11.4 Å². The largest absolute Gasteiger partial charge is 0.481 e. The topological polar surface area (TPSA) is 68.0 Å². The van der Waals surface area contributed by atoms with Gasteiger partial charge in [0.05, 0.1) is 11.3 Å². The number of thioether (sulfide) groups is 1. The van der Waals surface area contributed by atoms with E-state index in [1.807, 2.05) is 6.92 Å². The van der Waals surface area contributed by atoms with Crippen molar-refractivity contribution in [2.24, 2.45) is 0 Å². The summed E-state index contributed by atoms with van der Waals surface area (Å²) in [5, 5.41) is 17.3. The molecule has 1 aromatic heterocycles. The van der Waals surface area contributed by atoms with Crippen LogP contribution in [-0.4, -0.2) is 31.6 Å². The molecule has 2 aromatic rings. The predicted molar refractivity (Wildman–Crippen MR) is 78.8 cm³/mol. The Balaban J connectivity index is 2.43. The van der Waals surface area contributed by atoms with Gasteiger partial charge in [0.1, 0.15) is 5.82 Å². The molecule has 7 heteroatoms. The molecule has 0 fully saturated rings. The summed E-state index contributed by atoms with van der Waals surface area (Å²) in [5.41, 5.74) is 0.927. The van der Waals surface area contributed by atoms with Crippen LogP contribution in [0.15, 0.2) is 23.4 Å². The molecule has 1 N–H and O–H groups in total. The van der Waals surface area contributed by atoms with Gasteiger partial charge in [-0.15, -0.1) is 10.2 Å². The molecule has 0 saturated carbocycles. The molecule has 0 spiro atoms. The van der Waals surface area contributed by atoms with E-state index in [9.17, 15) is 9.18 Å². The number of hydrogen-bond acceptors (Lipinski definition) is 4. The molecular weight excluding hydrogens is 293 g/mol. The number of carboxylic acid groups (broad SMARTS) is 1. The molecule has 0 aliphatic heterocycles. The van der Waals surface area contributed by atoms with Crippen molar-refractivity contribution >= 4 is 17.7 Å². The molecule has 5 nitrogen and oxygen atoms in total. The van der Waals surface area contributed by atoms with Crippen LogP contribution < -0.4 is 0 Å². The Morgan fingerprint density at radius 3 is 2.86 bits per heavy atom. The van der Waals surface area contributed by atoms with Crippen molar-refractivity contribution in [3.63, 3.8) is 0 Å². The lowest BCUT2D eigenvalue weighted by Crippen LogP contribution is -2.05. The van der Waals surface area contributed by atoms with E-state index in [2.05, 4.69) is 10.2 Å². The second-order valence-electron chi connectivity index (χ2n) is 4.58. The molecule has 0 amide bonds. The van der Waals surface area contributed by atoms with Gasteiger partial charge >= 0.3 is 5.97 Å². The number of aryl methyl sites for hydroxylation is 1. The van der Waals surface area contributed by atoms with Gasteiger partial charge in [0, 0.05) is 6.54 Å². The second kappa shape index (κ2) is 6.71. The zero-order valence-electron chi connectivity index (χ0n) is 11.8. The Morgan fingerprint density at radius 2 is 2.19 bits per heavy atom. The van der Waals surface area contributed by atoms with E-state index < -0.39 is 5.97 Å². The van der Waals surface area contributed by atoms with Gasteiger partial charge in [0.2, 0.25) is 0 Å². The van der Waals surface area contributed by atoms with Crippen LogP contribution in [0.5, 0.6) is 0 Å². The van der Waals surface area contributed by atoms with Crippen LogP contribution in [-0.2, 0) is 11.3 Å². The summed E-state index contributed by atoms with van der Waals surface area (Å²) in [6, 6.07) is 5.12. The molecule has 0 bridgehead atoms. The van der Waals surface area contributed by atoms with E-state index >= 15 is 0 Å². The van der Waals surface area contributed by atoms with E-state index in [1.54, 1.807) is 29.7 Å². The van der Waals surface area contributed by atoms with Crippen molar-refractivity contribution in [2.75, 3.05) is 5.75 Å². The fraction of sp³-hybridized carbons (Fsp3) is 0.357. The summed E-state index contributed by atoms with van der Waals surface area (Å²) >= 11 is 1.09. The first-order valence-corrected chi connectivity index (χ1v) is 7.56. The van der Waals surface area contributed by atoms with Gasteiger partial charge in [-0.05, 0) is 25.0 Å². The second-order valence-corrected chi connectivity index (χ2v) is 5.52. The molecule has 1 aromatic carbocycles. The number of benzene rings is 1. The minimum absolute atomic E-state index is 0.0991. The molecule has 2 rings (SSSR count). The molecule has 1 heterocycles. The number of carbonyl (C=O) groups is 1. The number of rotatable bonds is 6. The fourth-order valence-corrected chi connectivity index (χ4v) is 2.65. The molecule has 0 radical (unpaired) electrons. The van der Waals surface area contributed by atoms with Gasteiger partial charge in [0.25, 0.3) is 0 Å². The van der Waals surface area contributed by atoms with Gasteiger partial charge < -0.3 is 9.67 Å². The smallest absolute Gasteiger partial charge is 0.313 e. The molecular formula is C14H16FN3O2S. The highest BCUT2D eigenvalue weighted by atomic mass is 32.2. The summed E-state index contributed by atoms with van der Waals surface area (Å²) in [6.07, 6.45) is 0.819. The lowest BCUT2D eigenvalue weighted by atomic mass is 10.1. The first kappa shape index (κ1) is 15.5. The summed E-state index contributed by atoms with van der Waals surface area (Å²) in [7, 11) is 0. The minimum atomic E-state index is -0.922. The molecule has 0 atom stereocenters. The van der Waals surface area contributed by atoms with Crippen LogP contribution in [0.1, 0.15) is 18.9 Å². The Hall–Kier alpha value is -1.89. The van der Waals surface area contributed by atoms with E-state index in [-0.39, 0.29) is 11.6 Å². The SMILES string of the molecule is CCCn1c(SCC(=O)O)nnc1-c1cccc(C)c1F. The van der Waals surface area contributed by atoms with Gasteiger partial charge in [0.15, 0.2) is 11.0 Å². The van der Waals surface area contributed by atoms with Crippen molar-refractivity contribution in [3.05, 3.63) is 29.6 Å². The number of halogens is 1. The van der Waals surface area contributed by atoms with E-state index in [0.29, 0.717) is 28.7 Å². The first-order chi connectivity index (χ1) is 10.0. The third kappa shape index (κ3) is 3.41. The van der Waals surface area contributed by atoms with Crippen LogP contribution >= 0.6 is 11.8 Å². The van der Waals surface area contributed by atoms with Crippen LogP contribution in [0, 0.1) is 12.7 Å². The van der Waals surface area contributed by atoms with E-state index in [1.165, 1.54) is 0 Å². The first-order valence-electron chi connectivity index (χ1n) is 6.57. The molecule has 0 aliphatic carbocycles. The zero-order chi connectivity index (χ0) is 15.4. The summed E-state index contributed by atoms with van der Waals surface area (Å²) in [6.45, 7) is 4.29. The fourth-order valence-electron chi connectivity index (χ4n) is 1.97. The Labute approximate surface area is 126 Å². The van der Waals surface area contributed by atoms with Crippen molar-refractivity contribution < 1.29 is 14.3 Å². The molecule has 0 unspecified atom stereocenters. The monoisotopic (exact) mass is 309 g/mol. The lowest BCUT2D eigenvalue weighted by Gasteiger charge is -2.09. The maximum Gasteiger partial charge on any atom is 0.313 e. The maximum absolute atomic E-state index is 14.2. The maximum atomic E-state index is 14.2. The number of nitrogens with zero attached hydrogens (tertiary/aromatic N) is 3. The van der Waals surface area contributed by atoms with Crippen LogP contribution in [0.3, 0.4) is 0 Å². The van der Waals surface area contributed by atoms with Crippen molar-refractivity contribution in [2.45, 2.75) is 32.0 Å². The summed E-state index contributed by atoms with van der Waals surface area (Å²) in [5.74, 6) is -0.907. The van der Waals surface area contributed by atoms with Crippen molar-refractivity contribution in [1.82, 2.24) is 14.8 Å². The average molecular weight is 309 g/mol. The highest BCUT2D eigenvalue weighted by Crippen LogP contribution is 2.27. The van der Waals surface area contributed by atoms with Gasteiger partial charge in [-0.1, -0.05) is 30.8 Å². The van der Waals surface area contributed by atoms with Gasteiger partial charge in [-0.25, -0.2) is 4.39 Å². The minimum Gasteiger partial charge on any atom is -0.481 e. The van der Waals surface area contributed by atoms with E-state index in [0.717, 1.165) is 18.2 Å². The number of aromatic nitrogens is 3. The molecule has 21 heavy (non-hydrogen) atoms. The van der Waals surface area contributed by atoms with Gasteiger partial charge in [-0.2, -0.15) is 0 Å². The highest BCUT2D eigenvalue weighted by Gasteiger charge is 2.18. The number of aliphatic carboxylic acids is 1. The molecule has 112 valence electrons. The van der Waals surface area contributed by atoms with Gasteiger partial charge in [-0.3, -0.25) is 4.79 Å². The van der Waals surface area contributed by atoms with Crippen molar-refractivity contribution in [1.29, 1.82) is 0 Å². The third-order valence-corrected chi connectivity index (χ3v) is 3.87. The highest BCUT2D eigenvalue weighted by molar-refractivity contribution is 7.99. The number of hydrogen-bond donors (Lipinski definition) is 1. The Kier molecular flexibility index (Phi) is 4.95. The lowest BCUT2D eigenvalue weighted by molar-refractivity contribution is -0.133.